The summed E-state index contributed by atoms with van der Waals surface area (Å²) in [5, 5.41) is 11.6. The lowest BCUT2D eigenvalue weighted by Crippen LogP contribution is -2.12. The molecule has 0 atom stereocenters. The molecule has 2 aromatic carbocycles. The average Bonchev–Trinajstić information content (AvgIpc) is 2.43. The number of carboxylic acid groups (broad SMARTS) is 1. The summed E-state index contributed by atoms with van der Waals surface area (Å²) >= 11 is 3.37. The molecule has 0 spiro atoms. The summed E-state index contributed by atoms with van der Waals surface area (Å²) in [7, 11) is 0. The first kappa shape index (κ1) is 14.3. The summed E-state index contributed by atoms with van der Waals surface area (Å²) in [6.07, 6.45) is 0. The fraction of sp³-hybridized carbons (Fsp3) is 0.0667. The molecule has 2 aromatic rings. The number of nitrogens with one attached hydrogen (secondary N) is 1. The van der Waals surface area contributed by atoms with Crippen LogP contribution in [-0.2, 0) is 0 Å². The third-order valence-electron chi connectivity index (χ3n) is 2.76. The lowest BCUT2D eigenvalue weighted by molar-refractivity contribution is 0.0696. The molecule has 20 heavy (non-hydrogen) atoms. The summed E-state index contributed by atoms with van der Waals surface area (Å²) in [6, 6.07) is 11.4. The molecule has 0 saturated carbocycles. The topological polar surface area (TPSA) is 66.4 Å². The highest BCUT2D eigenvalue weighted by atomic mass is 79.9. The van der Waals surface area contributed by atoms with E-state index in [1.165, 1.54) is 24.3 Å². The van der Waals surface area contributed by atoms with Crippen LogP contribution in [-0.4, -0.2) is 17.0 Å². The predicted molar refractivity (Wildman–Crippen MR) is 80.2 cm³/mol. The molecule has 2 N–H and O–H groups in total. The van der Waals surface area contributed by atoms with E-state index in [0.29, 0.717) is 11.3 Å². The molecule has 2 rings (SSSR count). The van der Waals surface area contributed by atoms with Crippen LogP contribution in [0.15, 0.2) is 46.9 Å². The van der Waals surface area contributed by atoms with Gasteiger partial charge in [-0.25, -0.2) is 4.79 Å². The molecule has 0 radical (unpaired) electrons. The summed E-state index contributed by atoms with van der Waals surface area (Å²) in [4.78, 5) is 22.8. The van der Waals surface area contributed by atoms with E-state index >= 15 is 0 Å². The van der Waals surface area contributed by atoms with Crippen LogP contribution in [0.4, 0.5) is 5.69 Å². The van der Waals surface area contributed by atoms with E-state index in [1.807, 2.05) is 25.1 Å². The van der Waals surface area contributed by atoms with Gasteiger partial charge in [0.15, 0.2) is 0 Å². The molecule has 0 fully saturated rings. The number of halogens is 1. The van der Waals surface area contributed by atoms with Crippen LogP contribution in [0.25, 0.3) is 0 Å². The molecular formula is C15H12BrNO3. The molecule has 0 bridgehead atoms. The van der Waals surface area contributed by atoms with Crippen LogP contribution in [0.2, 0.25) is 0 Å². The van der Waals surface area contributed by atoms with Crippen molar-refractivity contribution in [2.24, 2.45) is 0 Å². The summed E-state index contributed by atoms with van der Waals surface area (Å²) in [5.74, 6) is -1.30. The number of hydrogen-bond acceptors (Lipinski definition) is 2. The molecule has 4 nitrogen and oxygen atoms in total. The van der Waals surface area contributed by atoms with Gasteiger partial charge in [0.05, 0.1) is 11.3 Å². The van der Waals surface area contributed by atoms with Crippen molar-refractivity contribution in [1.82, 2.24) is 0 Å². The standard InChI is InChI=1S/C15H12BrNO3/c1-9-2-7-12(16)13(8-9)17-14(18)10-3-5-11(6-4-10)15(19)20/h2-8H,1H3,(H,17,18)(H,19,20). The first-order valence-electron chi connectivity index (χ1n) is 5.88. The molecule has 0 unspecified atom stereocenters. The van der Waals surface area contributed by atoms with Crippen LogP contribution >= 0.6 is 15.9 Å². The average molecular weight is 334 g/mol. The van der Waals surface area contributed by atoms with Gasteiger partial charge in [-0.05, 0) is 64.8 Å². The molecule has 1 amide bonds. The highest BCUT2D eigenvalue weighted by molar-refractivity contribution is 9.10. The maximum absolute atomic E-state index is 12.1. The molecule has 0 saturated heterocycles. The van der Waals surface area contributed by atoms with Gasteiger partial charge in [0.1, 0.15) is 0 Å². The predicted octanol–water partition coefficient (Wildman–Crippen LogP) is 3.71. The second kappa shape index (κ2) is 5.88. The minimum Gasteiger partial charge on any atom is -0.478 e. The molecule has 0 heterocycles. The third kappa shape index (κ3) is 3.24. The van der Waals surface area contributed by atoms with Crippen molar-refractivity contribution in [2.45, 2.75) is 6.92 Å². The number of carboxylic acids is 1. The Balaban J connectivity index is 2.19. The smallest absolute Gasteiger partial charge is 0.335 e. The molecule has 5 heteroatoms. The van der Waals surface area contributed by atoms with Crippen LogP contribution in [0.1, 0.15) is 26.3 Å². The number of amides is 1. The highest BCUT2D eigenvalue weighted by Crippen LogP contribution is 2.24. The maximum atomic E-state index is 12.1. The Bertz CT molecular complexity index is 665. The van der Waals surface area contributed by atoms with E-state index in [1.54, 1.807) is 0 Å². The first-order valence-corrected chi connectivity index (χ1v) is 6.67. The summed E-state index contributed by atoms with van der Waals surface area (Å²) < 4.78 is 0.790. The van der Waals surface area contributed by atoms with Crippen LogP contribution in [0.3, 0.4) is 0 Å². The number of carbonyl (C=O) groups excluding carboxylic acids is 1. The molecule has 0 aliphatic heterocycles. The maximum Gasteiger partial charge on any atom is 0.335 e. The normalized spacial score (nSPS) is 10.1. The van der Waals surface area contributed by atoms with E-state index in [0.717, 1.165) is 10.0 Å². The largest absolute Gasteiger partial charge is 0.478 e. The van der Waals surface area contributed by atoms with Gasteiger partial charge in [0.2, 0.25) is 0 Å². The number of benzene rings is 2. The third-order valence-corrected chi connectivity index (χ3v) is 3.46. The van der Waals surface area contributed by atoms with Crippen molar-refractivity contribution in [1.29, 1.82) is 0 Å². The van der Waals surface area contributed by atoms with Crippen LogP contribution in [0.5, 0.6) is 0 Å². The Morgan fingerprint density at radius 2 is 1.65 bits per heavy atom. The molecule has 0 aliphatic rings. The zero-order valence-electron chi connectivity index (χ0n) is 10.7. The van der Waals surface area contributed by atoms with Gasteiger partial charge in [0.25, 0.3) is 5.91 Å². The molecule has 0 aliphatic carbocycles. The van der Waals surface area contributed by atoms with Crippen molar-refractivity contribution < 1.29 is 14.7 Å². The zero-order valence-corrected chi connectivity index (χ0v) is 12.3. The zero-order chi connectivity index (χ0) is 14.7. The van der Waals surface area contributed by atoms with E-state index in [-0.39, 0.29) is 11.5 Å². The fourth-order valence-corrected chi connectivity index (χ4v) is 2.04. The van der Waals surface area contributed by atoms with Gasteiger partial charge in [-0.15, -0.1) is 0 Å². The van der Waals surface area contributed by atoms with Crippen LogP contribution < -0.4 is 5.32 Å². The van der Waals surface area contributed by atoms with Crippen LogP contribution in [0, 0.1) is 6.92 Å². The number of carbonyl (C=O) groups is 2. The molecule has 102 valence electrons. The minimum absolute atomic E-state index is 0.151. The lowest BCUT2D eigenvalue weighted by Gasteiger charge is -2.08. The van der Waals surface area contributed by atoms with Crippen molar-refractivity contribution >= 4 is 33.5 Å². The van der Waals surface area contributed by atoms with Crippen molar-refractivity contribution in [3.05, 3.63) is 63.6 Å². The lowest BCUT2D eigenvalue weighted by atomic mass is 10.1. The monoisotopic (exact) mass is 333 g/mol. The number of aryl methyl sites for hydroxylation is 1. The quantitative estimate of drug-likeness (QED) is 0.899. The van der Waals surface area contributed by atoms with Crippen molar-refractivity contribution in [3.63, 3.8) is 0 Å². The van der Waals surface area contributed by atoms with Gasteiger partial charge in [-0.3, -0.25) is 4.79 Å². The van der Waals surface area contributed by atoms with E-state index in [2.05, 4.69) is 21.2 Å². The van der Waals surface area contributed by atoms with Gasteiger partial charge in [0, 0.05) is 10.0 Å². The molecular weight excluding hydrogens is 322 g/mol. The van der Waals surface area contributed by atoms with Gasteiger partial charge in [-0.1, -0.05) is 6.07 Å². The minimum atomic E-state index is -1.02. The molecule has 0 aromatic heterocycles. The summed E-state index contributed by atoms with van der Waals surface area (Å²) in [6.45, 7) is 1.93. The highest BCUT2D eigenvalue weighted by Gasteiger charge is 2.10. The second-order valence-electron chi connectivity index (χ2n) is 4.32. The fourth-order valence-electron chi connectivity index (χ4n) is 1.69. The first-order chi connectivity index (χ1) is 9.47. The van der Waals surface area contributed by atoms with Crippen molar-refractivity contribution in [2.75, 3.05) is 5.32 Å². The Morgan fingerprint density at radius 3 is 2.25 bits per heavy atom. The van der Waals surface area contributed by atoms with Gasteiger partial charge >= 0.3 is 5.97 Å². The van der Waals surface area contributed by atoms with Crippen molar-refractivity contribution in [3.8, 4) is 0 Å². The SMILES string of the molecule is Cc1ccc(Br)c(NC(=O)c2ccc(C(=O)O)cc2)c1. The second-order valence-corrected chi connectivity index (χ2v) is 5.17. The van der Waals surface area contributed by atoms with E-state index < -0.39 is 5.97 Å². The Morgan fingerprint density at radius 1 is 1.05 bits per heavy atom. The Hall–Kier alpha value is -2.14. The van der Waals surface area contributed by atoms with Gasteiger partial charge in [-0.2, -0.15) is 0 Å². The van der Waals surface area contributed by atoms with Gasteiger partial charge < -0.3 is 10.4 Å². The number of aromatic carboxylic acids is 1. The number of anilines is 1. The Kier molecular flexibility index (Phi) is 4.20. The number of rotatable bonds is 3. The summed E-state index contributed by atoms with van der Waals surface area (Å²) in [5.41, 5.74) is 2.27. The van der Waals surface area contributed by atoms with E-state index in [4.69, 9.17) is 5.11 Å². The number of hydrogen-bond donors (Lipinski definition) is 2. The Labute approximate surface area is 124 Å². The van der Waals surface area contributed by atoms with E-state index in [9.17, 15) is 9.59 Å².